The monoisotopic (exact) mass is 456 g/mol. The van der Waals surface area contributed by atoms with Crippen molar-refractivity contribution in [3.8, 4) is 21.9 Å². The Bertz CT molecular complexity index is 1220. The van der Waals surface area contributed by atoms with E-state index in [1.54, 1.807) is 12.1 Å². The zero-order chi connectivity index (χ0) is 21.8. The summed E-state index contributed by atoms with van der Waals surface area (Å²) < 4.78 is 13.0. The van der Waals surface area contributed by atoms with Crippen LogP contribution in [0.5, 0.6) is 11.5 Å². The molecular formula is C23H21ClN2O4S. The summed E-state index contributed by atoms with van der Waals surface area (Å²) in [7, 11) is 0. The third kappa shape index (κ3) is 5.07. The van der Waals surface area contributed by atoms with Crippen molar-refractivity contribution in [2.75, 3.05) is 13.2 Å². The number of fused-ring (bicyclic) bond motifs is 1. The lowest BCUT2D eigenvalue weighted by Gasteiger charge is -2.14. The van der Waals surface area contributed by atoms with E-state index >= 15 is 0 Å². The summed E-state index contributed by atoms with van der Waals surface area (Å²) in [4.78, 5) is 18.2. The van der Waals surface area contributed by atoms with Crippen molar-refractivity contribution in [3.05, 3.63) is 76.3 Å². The maximum atomic E-state index is 12.9. The minimum absolute atomic E-state index is 0.0545. The minimum Gasteiger partial charge on any atom is -0.494 e. The van der Waals surface area contributed by atoms with Crippen LogP contribution in [0, 0.1) is 0 Å². The predicted octanol–water partition coefficient (Wildman–Crippen LogP) is 4.62. The fraction of sp³-hybridized carbons (Fsp3) is 0.217. The quantitative estimate of drug-likeness (QED) is 0.419. The number of thiophene rings is 1. The van der Waals surface area contributed by atoms with Gasteiger partial charge in [0.25, 0.3) is 5.56 Å². The SMILES string of the molecule is CCOc1ccc(OCC(O)Cn2cnc3cc(-c4ccc(Cl)cc4)sc3c2=O)cc1. The Morgan fingerprint density at radius 3 is 2.45 bits per heavy atom. The molecule has 0 radical (unpaired) electrons. The molecule has 2 aromatic carbocycles. The van der Waals surface area contributed by atoms with Crippen LogP contribution in [0.15, 0.2) is 65.7 Å². The first kappa shape index (κ1) is 21.4. The molecule has 0 saturated heterocycles. The van der Waals surface area contributed by atoms with Gasteiger partial charge in [0.2, 0.25) is 0 Å². The topological polar surface area (TPSA) is 73.6 Å². The number of aliphatic hydroxyl groups is 1. The third-order valence-electron chi connectivity index (χ3n) is 4.62. The Kier molecular flexibility index (Phi) is 6.56. The molecule has 0 fully saturated rings. The van der Waals surface area contributed by atoms with Crippen LogP contribution in [-0.4, -0.2) is 34.0 Å². The van der Waals surface area contributed by atoms with Gasteiger partial charge in [0.1, 0.15) is 28.9 Å². The largest absolute Gasteiger partial charge is 0.494 e. The lowest BCUT2D eigenvalue weighted by molar-refractivity contribution is 0.0914. The number of aliphatic hydroxyl groups excluding tert-OH is 1. The first-order chi connectivity index (χ1) is 15.0. The zero-order valence-corrected chi connectivity index (χ0v) is 18.4. The van der Waals surface area contributed by atoms with E-state index in [0.717, 1.165) is 16.2 Å². The second-order valence-corrected chi connectivity index (χ2v) is 8.39. The summed E-state index contributed by atoms with van der Waals surface area (Å²) in [6, 6.07) is 16.5. The zero-order valence-electron chi connectivity index (χ0n) is 16.8. The molecule has 8 heteroatoms. The van der Waals surface area contributed by atoms with Crippen molar-refractivity contribution in [1.29, 1.82) is 0 Å². The molecule has 4 aromatic rings. The number of ether oxygens (including phenoxy) is 2. The number of rotatable bonds is 8. The Morgan fingerprint density at radius 2 is 1.77 bits per heavy atom. The van der Waals surface area contributed by atoms with Crippen molar-refractivity contribution in [2.45, 2.75) is 19.6 Å². The molecule has 1 atom stereocenters. The maximum absolute atomic E-state index is 12.9. The van der Waals surface area contributed by atoms with Crippen LogP contribution in [0.25, 0.3) is 20.7 Å². The Morgan fingerprint density at radius 1 is 1.10 bits per heavy atom. The van der Waals surface area contributed by atoms with Gasteiger partial charge < -0.3 is 14.6 Å². The van der Waals surface area contributed by atoms with Crippen LogP contribution in [0.1, 0.15) is 6.92 Å². The molecule has 1 N–H and O–H groups in total. The molecule has 6 nitrogen and oxygen atoms in total. The molecule has 0 saturated carbocycles. The summed E-state index contributed by atoms with van der Waals surface area (Å²) in [5, 5.41) is 11.0. The molecule has 0 aliphatic carbocycles. The molecule has 0 aliphatic heterocycles. The van der Waals surface area contributed by atoms with Crippen molar-refractivity contribution in [1.82, 2.24) is 9.55 Å². The van der Waals surface area contributed by atoms with Crippen LogP contribution in [0.2, 0.25) is 5.02 Å². The molecule has 0 spiro atoms. The molecule has 160 valence electrons. The van der Waals surface area contributed by atoms with Crippen LogP contribution in [-0.2, 0) is 6.54 Å². The van der Waals surface area contributed by atoms with Crippen molar-refractivity contribution < 1.29 is 14.6 Å². The average Bonchev–Trinajstić information content (AvgIpc) is 3.21. The minimum atomic E-state index is -0.862. The normalized spacial score (nSPS) is 12.1. The van der Waals surface area contributed by atoms with Crippen molar-refractivity contribution >= 4 is 33.2 Å². The summed E-state index contributed by atoms with van der Waals surface area (Å²) in [5.74, 6) is 1.38. The van der Waals surface area contributed by atoms with E-state index in [1.807, 2.05) is 49.4 Å². The number of hydrogen-bond donors (Lipinski definition) is 1. The lowest BCUT2D eigenvalue weighted by atomic mass is 10.2. The smallest absolute Gasteiger partial charge is 0.271 e. The first-order valence-electron chi connectivity index (χ1n) is 9.82. The van der Waals surface area contributed by atoms with Gasteiger partial charge in [-0.25, -0.2) is 4.98 Å². The highest BCUT2D eigenvalue weighted by molar-refractivity contribution is 7.22. The molecule has 31 heavy (non-hydrogen) atoms. The van der Waals surface area contributed by atoms with Gasteiger partial charge in [-0.1, -0.05) is 23.7 Å². The third-order valence-corrected chi connectivity index (χ3v) is 6.03. The van der Waals surface area contributed by atoms with Crippen LogP contribution in [0.4, 0.5) is 0 Å². The van der Waals surface area contributed by atoms with Crippen LogP contribution < -0.4 is 15.0 Å². The lowest BCUT2D eigenvalue weighted by Crippen LogP contribution is -2.30. The molecule has 2 heterocycles. The van der Waals surface area contributed by atoms with Crippen LogP contribution >= 0.6 is 22.9 Å². The van der Waals surface area contributed by atoms with Gasteiger partial charge in [0.15, 0.2) is 0 Å². The standard InChI is InChI=1S/C23H21ClN2O4S/c1-2-29-18-7-9-19(10-8-18)30-13-17(27)12-26-14-25-20-11-21(31-22(20)23(26)28)15-3-5-16(24)6-4-15/h3-11,14,17,27H,2,12-13H2,1H3. The molecule has 0 aliphatic rings. The van der Waals surface area contributed by atoms with E-state index in [0.29, 0.717) is 27.6 Å². The fourth-order valence-corrected chi connectivity index (χ4v) is 4.29. The summed E-state index contributed by atoms with van der Waals surface area (Å²) in [6.07, 6.45) is 0.600. The first-order valence-corrected chi connectivity index (χ1v) is 11.0. The average molecular weight is 457 g/mol. The molecule has 1 unspecified atom stereocenters. The van der Waals surface area contributed by atoms with Crippen molar-refractivity contribution in [2.24, 2.45) is 0 Å². The van der Waals surface area contributed by atoms with E-state index in [2.05, 4.69) is 4.98 Å². The highest BCUT2D eigenvalue weighted by Gasteiger charge is 2.13. The van der Waals surface area contributed by atoms with Gasteiger partial charge in [-0.2, -0.15) is 0 Å². The second kappa shape index (κ2) is 9.51. The van der Waals surface area contributed by atoms with Crippen LogP contribution in [0.3, 0.4) is 0 Å². The highest BCUT2D eigenvalue weighted by atomic mass is 35.5. The number of nitrogens with zero attached hydrogens (tertiary/aromatic N) is 2. The Hall–Kier alpha value is -2.87. The summed E-state index contributed by atoms with van der Waals surface area (Å²) in [6.45, 7) is 2.66. The van der Waals surface area contributed by atoms with E-state index in [4.69, 9.17) is 21.1 Å². The molecule has 2 aromatic heterocycles. The van der Waals surface area contributed by atoms with Gasteiger partial charge in [-0.3, -0.25) is 9.36 Å². The Balaban J connectivity index is 1.44. The number of benzene rings is 2. The van der Waals surface area contributed by atoms with Gasteiger partial charge in [-0.15, -0.1) is 11.3 Å². The van der Waals surface area contributed by atoms with E-state index in [9.17, 15) is 9.90 Å². The molecule has 0 bridgehead atoms. The van der Waals surface area contributed by atoms with E-state index in [-0.39, 0.29) is 18.7 Å². The predicted molar refractivity (Wildman–Crippen MR) is 123 cm³/mol. The highest BCUT2D eigenvalue weighted by Crippen LogP contribution is 2.31. The number of halogens is 1. The van der Waals surface area contributed by atoms with E-state index in [1.165, 1.54) is 22.2 Å². The fourth-order valence-electron chi connectivity index (χ4n) is 3.10. The maximum Gasteiger partial charge on any atom is 0.271 e. The Labute approximate surface area is 188 Å². The summed E-state index contributed by atoms with van der Waals surface area (Å²) >= 11 is 7.33. The van der Waals surface area contributed by atoms with Crippen molar-refractivity contribution in [3.63, 3.8) is 0 Å². The van der Waals surface area contributed by atoms with Gasteiger partial charge in [0, 0.05) is 9.90 Å². The number of hydrogen-bond acceptors (Lipinski definition) is 6. The molecule has 4 rings (SSSR count). The van der Waals surface area contributed by atoms with E-state index < -0.39 is 6.10 Å². The van der Waals surface area contributed by atoms with Gasteiger partial charge in [-0.05, 0) is 55.0 Å². The van der Waals surface area contributed by atoms with Gasteiger partial charge >= 0.3 is 0 Å². The second-order valence-electron chi connectivity index (χ2n) is 6.90. The molecular weight excluding hydrogens is 436 g/mol. The summed E-state index contributed by atoms with van der Waals surface area (Å²) in [5.41, 5.74) is 1.42. The number of aromatic nitrogens is 2. The molecule has 0 amide bonds. The van der Waals surface area contributed by atoms with Gasteiger partial charge in [0.05, 0.1) is 25.0 Å².